The number of allylic oxidation sites excluding steroid dienone is 1. The SMILES string of the molecule is O=C1Nc2c(NC(=O)C3(c4ccc(F)cc4)CC=CNC3=O)cccc2/C1=C/c1ccc[nH]1. The number of H-pyrrole nitrogens is 1. The Morgan fingerprint density at radius 1 is 1.06 bits per heavy atom. The zero-order chi connectivity index (χ0) is 23.0. The van der Waals surface area contributed by atoms with Crippen molar-refractivity contribution < 1.29 is 18.8 Å². The van der Waals surface area contributed by atoms with Gasteiger partial charge in [-0.05, 0) is 54.6 Å². The molecular formula is C25H19FN4O3. The highest BCUT2D eigenvalue weighted by atomic mass is 19.1. The Kier molecular flexibility index (Phi) is 4.90. The summed E-state index contributed by atoms with van der Waals surface area (Å²) in [5, 5.41) is 8.21. The monoisotopic (exact) mass is 442 g/mol. The number of nitrogens with one attached hydrogen (secondary N) is 4. The van der Waals surface area contributed by atoms with Gasteiger partial charge in [-0.1, -0.05) is 30.3 Å². The Labute approximate surface area is 188 Å². The molecule has 2 aliphatic heterocycles. The third-order valence-electron chi connectivity index (χ3n) is 5.88. The Morgan fingerprint density at radius 3 is 2.61 bits per heavy atom. The minimum atomic E-state index is -1.59. The van der Waals surface area contributed by atoms with E-state index in [1.165, 1.54) is 30.5 Å². The maximum atomic E-state index is 13.6. The molecule has 0 bridgehead atoms. The van der Waals surface area contributed by atoms with E-state index in [0.717, 1.165) is 5.69 Å². The van der Waals surface area contributed by atoms with Crippen LogP contribution in [0.4, 0.5) is 15.8 Å². The molecular weight excluding hydrogens is 423 g/mol. The summed E-state index contributed by atoms with van der Waals surface area (Å²) in [4.78, 5) is 42.2. The van der Waals surface area contributed by atoms with Gasteiger partial charge in [0.15, 0.2) is 5.41 Å². The Hall–Kier alpha value is -4.46. The first-order chi connectivity index (χ1) is 16.0. The molecule has 0 fully saturated rings. The first-order valence-corrected chi connectivity index (χ1v) is 10.3. The molecule has 164 valence electrons. The number of benzene rings is 2. The second kappa shape index (κ2) is 7.90. The van der Waals surface area contributed by atoms with Gasteiger partial charge in [0.25, 0.3) is 5.91 Å². The molecule has 1 unspecified atom stereocenters. The molecule has 5 rings (SSSR count). The standard InChI is InChI=1S/C25H19FN4O3/c26-16-9-7-15(8-10-16)25(11-3-13-28-23(25)32)24(33)29-20-6-1-5-18-19(22(31)30-21(18)20)14-17-4-2-12-27-17/h1-10,12-14,27H,11H2,(H,28,32)(H,29,33)(H,30,31)/b19-14-. The maximum Gasteiger partial charge on any atom is 0.256 e. The lowest BCUT2D eigenvalue weighted by atomic mass is 9.74. The van der Waals surface area contributed by atoms with Crippen molar-refractivity contribution in [3.05, 3.63) is 95.7 Å². The number of aromatic nitrogens is 1. The topological polar surface area (TPSA) is 103 Å². The van der Waals surface area contributed by atoms with E-state index in [1.54, 1.807) is 36.5 Å². The zero-order valence-electron chi connectivity index (χ0n) is 17.3. The van der Waals surface area contributed by atoms with Crippen molar-refractivity contribution in [1.29, 1.82) is 0 Å². The van der Waals surface area contributed by atoms with E-state index in [-0.39, 0.29) is 12.3 Å². The molecule has 3 amide bonds. The van der Waals surface area contributed by atoms with Crippen molar-refractivity contribution >= 4 is 40.7 Å². The van der Waals surface area contributed by atoms with Crippen molar-refractivity contribution in [2.45, 2.75) is 11.8 Å². The van der Waals surface area contributed by atoms with Crippen molar-refractivity contribution in [2.24, 2.45) is 0 Å². The Bertz CT molecular complexity index is 1330. The molecule has 0 aliphatic carbocycles. The van der Waals surface area contributed by atoms with E-state index in [4.69, 9.17) is 0 Å². The summed E-state index contributed by atoms with van der Waals surface area (Å²) in [6.07, 6.45) is 6.76. The van der Waals surface area contributed by atoms with Crippen molar-refractivity contribution in [1.82, 2.24) is 10.3 Å². The molecule has 1 atom stereocenters. The van der Waals surface area contributed by atoms with Gasteiger partial charge in [-0.3, -0.25) is 14.4 Å². The number of rotatable bonds is 4. The predicted octanol–water partition coefficient (Wildman–Crippen LogP) is 3.56. The Balaban J connectivity index is 1.53. The fourth-order valence-corrected chi connectivity index (χ4v) is 4.18. The van der Waals surface area contributed by atoms with Gasteiger partial charge in [-0.2, -0.15) is 0 Å². The molecule has 2 aromatic carbocycles. The first-order valence-electron chi connectivity index (χ1n) is 10.3. The van der Waals surface area contributed by atoms with Crippen molar-refractivity contribution in [3.63, 3.8) is 0 Å². The van der Waals surface area contributed by atoms with Crippen LogP contribution < -0.4 is 16.0 Å². The van der Waals surface area contributed by atoms with Crippen molar-refractivity contribution in [2.75, 3.05) is 10.6 Å². The average molecular weight is 442 g/mol. The normalized spacial score (nSPS) is 20.3. The largest absolute Gasteiger partial charge is 0.362 e. The van der Waals surface area contributed by atoms with Gasteiger partial charge in [0.1, 0.15) is 5.82 Å². The molecule has 0 saturated heterocycles. The van der Waals surface area contributed by atoms with Gasteiger partial charge >= 0.3 is 0 Å². The number of fused-ring (bicyclic) bond motifs is 1. The van der Waals surface area contributed by atoms with Crippen LogP contribution in [0.5, 0.6) is 0 Å². The quantitative estimate of drug-likeness (QED) is 0.367. The molecule has 2 aliphatic rings. The third kappa shape index (κ3) is 3.41. The van der Waals surface area contributed by atoms with Gasteiger partial charge < -0.3 is 20.9 Å². The van der Waals surface area contributed by atoms with Crippen LogP contribution >= 0.6 is 0 Å². The van der Waals surface area contributed by atoms with Crippen LogP contribution in [0.15, 0.2) is 73.1 Å². The number of anilines is 2. The molecule has 3 heterocycles. The molecule has 4 N–H and O–H groups in total. The van der Waals surface area contributed by atoms with Crippen LogP contribution in [-0.4, -0.2) is 22.7 Å². The van der Waals surface area contributed by atoms with E-state index in [1.807, 2.05) is 12.1 Å². The lowest BCUT2D eigenvalue weighted by Crippen LogP contribution is -2.53. The second-order valence-corrected chi connectivity index (χ2v) is 7.81. The number of amides is 3. The number of aromatic amines is 1. The molecule has 33 heavy (non-hydrogen) atoms. The van der Waals surface area contributed by atoms with Crippen LogP contribution in [-0.2, 0) is 19.8 Å². The zero-order valence-corrected chi connectivity index (χ0v) is 17.3. The van der Waals surface area contributed by atoms with E-state index in [2.05, 4.69) is 20.9 Å². The summed E-state index contributed by atoms with van der Waals surface area (Å²) >= 11 is 0. The first kappa shape index (κ1) is 20.4. The average Bonchev–Trinajstić information content (AvgIpc) is 3.44. The molecule has 1 aromatic heterocycles. The number of hydrogen-bond donors (Lipinski definition) is 4. The highest BCUT2D eigenvalue weighted by Crippen LogP contribution is 2.40. The Morgan fingerprint density at radius 2 is 1.88 bits per heavy atom. The fourth-order valence-electron chi connectivity index (χ4n) is 4.18. The number of carbonyl (C=O) groups is 3. The summed E-state index contributed by atoms with van der Waals surface area (Å²) in [5.74, 6) is -1.86. The maximum absolute atomic E-state index is 13.6. The molecule has 0 saturated carbocycles. The molecule has 3 aromatic rings. The number of halogens is 1. The van der Waals surface area contributed by atoms with E-state index < -0.39 is 23.0 Å². The van der Waals surface area contributed by atoms with E-state index in [0.29, 0.717) is 28.1 Å². The fraction of sp³-hybridized carbons (Fsp3) is 0.0800. The molecule has 0 spiro atoms. The minimum absolute atomic E-state index is 0.107. The van der Waals surface area contributed by atoms with Crippen LogP contribution in [0.25, 0.3) is 11.6 Å². The lowest BCUT2D eigenvalue weighted by Gasteiger charge is -2.32. The van der Waals surface area contributed by atoms with Gasteiger partial charge in [-0.15, -0.1) is 0 Å². The van der Waals surface area contributed by atoms with Gasteiger partial charge in [0.2, 0.25) is 11.8 Å². The summed E-state index contributed by atoms with van der Waals surface area (Å²) in [6, 6.07) is 14.1. The summed E-state index contributed by atoms with van der Waals surface area (Å²) < 4.78 is 13.5. The van der Waals surface area contributed by atoms with E-state index in [9.17, 15) is 18.8 Å². The van der Waals surface area contributed by atoms with Gasteiger partial charge in [0, 0.05) is 17.5 Å². The van der Waals surface area contributed by atoms with Crippen molar-refractivity contribution in [3.8, 4) is 0 Å². The summed E-state index contributed by atoms with van der Waals surface area (Å²) in [5.41, 5.74) is 1.46. The van der Waals surface area contributed by atoms with Crippen LogP contribution in [0.1, 0.15) is 23.2 Å². The minimum Gasteiger partial charge on any atom is -0.362 e. The lowest BCUT2D eigenvalue weighted by molar-refractivity contribution is -0.134. The number of hydrogen-bond acceptors (Lipinski definition) is 3. The summed E-state index contributed by atoms with van der Waals surface area (Å²) in [6.45, 7) is 0. The predicted molar refractivity (Wildman–Crippen MR) is 122 cm³/mol. The number of carbonyl (C=O) groups excluding carboxylic acids is 3. The molecule has 8 heteroatoms. The third-order valence-corrected chi connectivity index (χ3v) is 5.88. The van der Waals surface area contributed by atoms with Crippen LogP contribution in [0.3, 0.4) is 0 Å². The summed E-state index contributed by atoms with van der Waals surface area (Å²) in [7, 11) is 0. The smallest absolute Gasteiger partial charge is 0.256 e. The van der Waals surface area contributed by atoms with Gasteiger partial charge in [-0.25, -0.2) is 4.39 Å². The molecule has 0 radical (unpaired) electrons. The number of para-hydroxylation sites is 1. The van der Waals surface area contributed by atoms with Crippen LogP contribution in [0.2, 0.25) is 0 Å². The highest BCUT2D eigenvalue weighted by molar-refractivity contribution is 6.36. The second-order valence-electron chi connectivity index (χ2n) is 7.81. The highest BCUT2D eigenvalue weighted by Gasteiger charge is 2.48. The van der Waals surface area contributed by atoms with Gasteiger partial charge in [0.05, 0.1) is 16.9 Å². The van der Waals surface area contributed by atoms with Crippen LogP contribution in [0, 0.1) is 5.82 Å². The molecule has 7 nitrogen and oxygen atoms in total. The van der Waals surface area contributed by atoms with E-state index >= 15 is 0 Å².